The van der Waals surface area contributed by atoms with E-state index in [1.807, 2.05) is 61.5 Å². The average Bonchev–Trinajstić information content (AvgIpc) is 3.63. The molecule has 0 aliphatic carbocycles. The number of aliphatic hydroxyl groups excluding tert-OH is 1. The van der Waals surface area contributed by atoms with Crippen LogP contribution < -0.4 is 9.64 Å². The number of fused-ring (bicyclic) bond motifs is 1. The van der Waals surface area contributed by atoms with Gasteiger partial charge in [0.1, 0.15) is 11.8 Å². The van der Waals surface area contributed by atoms with Gasteiger partial charge in [-0.1, -0.05) is 49.4 Å². The Labute approximate surface area is 264 Å². The van der Waals surface area contributed by atoms with Gasteiger partial charge in [0.05, 0.1) is 35.8 Å². The Morgan fingerprint density at radius 3 is 2.41 bits per heavy atom. The molecule has 44 heavy (non-hydrogen) atoms. The quantitative estimate of drug-likeness (QED) is 0.332. The van der Waals surface area contributed by atoms with Gasteiger partial charge in [-0.2, -0.15) is 0 Å². The van der Waals surface area contributed by atoms with Crippen molar-refractivity contribution in [3.05, 3.63) is 85.5 Å². The Kier molecular flexibility index (Phi) is 9.56. The van der Waals surface area contributed by atoms with Crippen LogP contribution in [0.5, 0.6) is 5.75 Å². The van der Waals surface area contributed by atoms with Gasteiger partial charge in [0.2, 0.25) is 17.7 Å². The Morgan fingerprint density at radius 1 is 1.11 bits per heavy atom. The molecule has 2 bridgehead atoms. The molecule has 0 aromatic heterocycles. The Morgan fingerprint density at radius 2 is 1.80 bits per heavy atom. The SMILES string of the molecule is C=CCN(Cc1ccccc1)C(=O)C1N([C@H](C)CO)C(=O)[C@@H]2[C@@H](C(=O)N(CC=C)c3ccc(OCC)cc3)[C@H]3CC(C)C12S3. The number of carbonyl (C=O) groups excluding carboxylic acids is 3. The van der Waals surface area contributed by atoms with Crippen LogP contribution in [0.15, 0.2) is 79.9 Å². The molecule has 0 radical (unpaired) electrons. The molecule has 1 spiro atoms. The lowest BCUT2D eigenvalue weighted by molar-refractivity contribution is -0.145. The van der Waals surface area contributed by atoms with Crippen LogP contribution in [0.25, 0.3) is 0 Å². The van der Waals surface area contributed by atoms with Gasteiger partial charge in [0.15, 0.2) is 0 Å². The fourth-order valence-electron chi connectivity index (χ4n) is 7.47. The molecule has 7 atom stereocenters. The molecule has 3 aliphatic heterocycles. The van der Waals surface area contributed by atoms with E-state index in [-0.39, 0.29) is 42.0 Å². The lowest BCUT2D eigenvalue weighted by Crippen LogP contribution is -2.58. The van der Waals surface area contributed by atoms with Crippen molar-refractivity contribution >= 4 is 35.2 Å². The molecule has 2 aromatic carbocycles. The molecular formula is C35H43N3O5S. The predicted molar refractivity (Wildman–Crippen MR) is 174 cm³/mol. The second-order valence-electron chi connectivity index (χ2n) is 12.0. The van der Waals surface area contributed by atoms with Crippen molar-refractivity contribution in [1.29, 1.82) is 0 Å². The van der Waals surface area contributed by atoms with Gasteiger partial charge in [0.25, 0.3) is 0 Å². The molecule has 9 heteroatoms. The molecule has 3 fully saturated rings. The van der Waals surface area contributed by atoms with E-state index in [0.29, 0.717) is 31.1 Å². The first-order valence-corrected chi connectivity index (χ1v) is 16.3. The number of thioether (sulfide) groups is 1. The van der Waals surface area contributed by atoms with Crippen molar-refractivity contribution in [3.63, 3.8) is 0 Å². The third kappa shape index (κ3) is 5.34. The van der Waals surface area contributed by atoms with E-state index in [4.69, 9.17) is 4.74 Å². The highest BCUT2D eigenvalue weighted by molar-refractivity contribution is 8.02. The van der Waals surface area contributed by atoms with Gasteiger partial charge < -0.3 is 24.5 Å². The number of benzene rings is 2. The van der Waals surface area contributed by atoms with Crippen molar-refractivity contribution in [2.75, 3.05) is 31.2 Å². The van der Waals surface area contributed by atoms with Crippen LogP contribution in [0, 0.1) is 17.8 Å². The first-order chi connectivity index (χ1) is 21.2. The lowest BCUT2D eigenvalue weighted by atomic mass is 9.65. The number of aliphatic hydroxyl groups is 1. The van der Waals surface area contributed by atoms with Crippen molar-refractivity contribution in [1.82, 2.24) is 9.80 Å². The highest BCUT2D eigenvalue weighted by Crippen LogP contribution is 2.69. The summed E-state index contributed by atoms with van der Waals surface area (Å²) >= 11 is 1.64. The molecule has 5 rings (SSSR count). The zero-order valence-electron chi connectivity index (χ0n) is 25.8. The zero-order chi connectivity index (χ0) is 31.6. The second kappa shape index (κ2) is 13.2. The Balaban J connectivity index is 1.54. The van der Waals surface area contributed by atoms with Gasteiger partial charge in [-0.05, 0) is 56.0 Å². The summed E-state index contributed by atoms with van der Waals surface area (Å²) < 4.78 is 4.80. The summed E-state index contributed by atoms with van der Waals surface area (Å²) in [7, 11) is 0. The third-order valence-electron chi connectivity index (χ3n) is 9.36. The zero-order valence-corrected chi connectivity index (χ0v) is 26.6. The number of hydrogen-bond acceptors (Lipinski definition) is 6. The first kappa shape index (κ1) is 31.9. The number of ether oxygens (including phenoxy) is 1. The summed E-state index contributed by atoms with van der Waals surface area (Å²) in [5, 5.41) is 10.2. The summed E-state index contributed by atoms with van der Waals surface area (Å²) in [4.78, 5) is 48.8. The summed E-state index contributed by atoms with van der Waals surface area (Å²) in [6.45, 7) is 14.8. The molecule has 234 valence electrons. The van der Waals surface area contributed by atoms with Crippen LogP contribution in [-0.4, -0.2) is 81.0 Å². The fraction of sp³-hybridized carbons (Fsp3) is 0.457. The standard InChI is InChI=1S/C35H43N3O5S/c1-6-18-36(21-25-12-10-9-11-13-25)34(42)31-35-23(4)20-28(44-35)29(30(35)33(41)38(31)24(5)22-39)32(40)37(19-7-2)26-14-16-27(17-15-26)43-8-3/h6-7,9-17,23-24,28-31,39H,1-2,8,18-22H2,3-5H3/t23?,24-,28-,29+,30+,31?,35?/m1/s1. The number of rotatable bonds is 13. The average molecular weight is 618 g/mol. The summed E-state index contributed by atoms with van der Waals surface area (Å²) in [5.74, 6) is -1.11. The van der Waals surface area contributed by atoms with Gasteiger partial charge in [-0.15, -0.1) is 24.9 Å². The lowest BCUT2D eigenvalue weighted by Gasteiger charge is -2.42. The van der Waals surface area contributed by atoms with Crippen LogP contribution in [-0.2, 0) is 20.9 Å². The van der Waals surface area contributed by atoms with Crippen LogP contribution >= 0.6 is 11.8 Å². The minimum atomic E-state index is -0.813. The van der Waals surface area contributed by atoms with E-state index < -0.39 is 28.7 Å². The molecule has 2 aromatic rings. The summed E-state index contributed by atoms with van der Waals surface area (Å²) in [5.41, 5.74) is 1.68. The van der Waals surface area contributed by atoms with Crippen LogP contribution in [0.4, 0.5) is 5.69 Å². The molecular weight excluding hydrogens is 574 g/mol. The number of nitrogens with zero attached hydrogens (tertiary/aromatic N) is 3. The van der Waals surface area contributed by atoms with Gasteiger partial charge in [-0.3, -0.25) is 14.4 Å². The largest absolute Gasteiger partial charge is 0.494 e. The molecule has 8 nitrogen and oxygen atoms in total. The molecule has 3 aliphatic rings. The van der Waals surface area contributed by atoms with E-state index in [1.165, 1.54) is 0 Å². The third-order valence-corrected chi connectivity index (χ3v) is 11.4. The molecule has 3 saturated heterocycles. The maximum atomic E-state index is 14.7. The maximum absolute atomic E-state index is 14.7. The fourth-order valence-corrected chi connectivity index (χ4v) is 9.86. The van der Waals surface area contributed by atoms with Gasteiger partial charge in [-0.25, -0.2) is 0 Å². The van der Waals surface area contributed by atoms with E-state index in [9.17, 15) is 19.5 Å². The van der Waals surface area contributed by atoms with E-state index in [2.05, 4.69) is 20.1 Å². The van der Waals surface area contributed by atoms with Gasteiger partial charge >= 0.3 is 0 Å². The van der Waals surface area contributed by atoms with Crippen LogP contribution in [0.3, 0.4) is 0 Å². The second-order valence-corrected chi connectivity index (χ2v) is 13.5. The number of anilines is 1. The maximum Gasteiger partial charge on any atom is 0.247 e. The molecule has 1 N–H and O–H groups in total. The minimum absolute atomic E-state index is 0.0148. The van der Waals surface area contributed by atoms with Crippen molar-refractivity contribution in [2.24, 2.45) is 17.8 Å². The minimum Gasteiger partial charge on any atom is -0.494 e. The molecule has 0 saturated carbocycles. The van der Waals surface area contributed by atoms with E-state index in [1.54, 1.807) is 45.5 Å². The smallest absolute Gasteiger partial charge is 0.247 e. The number of hydrogen-bond donors (Lipinski definition) is 1. The topological polar surface area (TPSA) is 90.4 Å². The molecule has 3 heterocycles. The molecule has 3 amide bonds. The number of carbonyl (C=O) groups is 3. The normalized spacial score (nSPS) is 27.5. The van der Waals surface area contributed by atoms with Crippen molar-refractivity contribution < 1.29 is 24.2 Å². The first-order valence-electron chi connectivity index (χ1n) is 15.4. The van der Waals surface area contributed by atoms with Gasteiger partial charge in [0, 0.05) is 30.6 Å². The van der Waals surface area contributed by atoms with Crippen molar-refractivity contribution in [2.45, 2.75) is 55.8 Å². The highest BCUT2D eigenvalue weighted by atomic mass is 32.2. The summed E-state index contributed by atoms with van der Waals surface area (Å²) in [6.07, 6.45) is 4.11. The van der Waals surface area contributed by atoms with E-state index in [0.717, 1.165) is 12.0 Å². The number of amides is 3. The van der Waals surface area contributed by atoms with Crippen molar-refractivity contribution in [3.8, 4) is 5.75 Å². The summed E-state index contributed by atoms with van der Waals surface area (Å²) in [6, 6.07) is 15.7. The monoisotopic (exact) mass is 617 g/mol. The predicted octanol–water partition coefficient (Wildman–Crippen LogP) is 4.54. The van der Waals surface area contributed by atoms with E-state index >= 15 is 0 Å². The van der Waals surface area contributed by atoms with Crippen LogP contribution in [0.2, 0.25) is 0 Å². The highest BCUT2D eigenvalue weighted by Gasteiger charge is 2.76. The molecule has 3 unspecified atom stereocenters. The number of likely N-dealkylation sites (tertiary alicyclic amines) is 1. The van der Waals surface area contributed by atoms with Crippen LogP contribution in [0.1, 0.15) is 32.8 Å². The Hall–Kier alpha value is -3.56. The Bertz CT molecular complexity index is 1380.